The lowest BCUT2D eigenvalue weighted by Crippen LogP contribution is -2.15. The average molecular weight is 311 g/mol. The Bertz CT molecular complexity index is 692. The van der Waals surface area contributed by atoms with Gasteiger partial charge in [-0.05, 0) is 42.2 Å². The molecule has 0 saturated carbocycles. The number of nitrogens with one attached hydrogen (secondary N) is 1. The minimum atomic E-state index is -0.805. The zero-order valence-corrected chi connectivity index (χ0v) is 13.4. The van der Waals surface area contributed by atoms with E-state index in [1.165, 1.54) is 0 Å². The summed E-state index contributed by atoms with van der Waals surface area (Å²) in [6.07, 6.45) is 0.817. The second-order valence-electron chi connectivity index (χ2n) is 5.79. The van der Waals surface area contributed by atoms with Crippen LogP contribution in [0.25, 0.3) is 0 Å². The molecule has 23 heavy (non-hydrogen) atoms. The van der Waals surface area contributed by atoms with Gasteiger partial charge in [0, 0.05) is 5.69 Å². The van der Waals surface area contributed by atoms with Gasteiger partial charge in [0.2, 0.25) is 5.91 Å². The maximum atomic E-state index is 12.1. The van der Waals surface area contributed by atoms with Crippen molar-refractivity contribution in [2.75, 3.05) is 5.32 Å². The SMILES string of the molecule is Cc1ccccc1CC(=O)Nc1ccc(CC(C)C(=O)O)cc1. The molecule has 1 atom stereocenters. The van der Waals surface area contributed by atoms with Gasteiger partial charge in [0.1, 0.15) is 0 Å². The van der Waals surface area contributed by atoms with E-state index in [0.717, 1.165) is 22.4 Å². The number of benzene rings is 2. The van der Waals surface area contributed by atoms with Crippen molar-refractivity contribution in [2.24, 2.45) is 5.92 Å². The van der Waals surface area contributed by atoms with Crippen LogP contribution in [0.3, 0.4) is 0 Å². The minimum Gasteiger partial charge on any atom is -0.481 e. The number of anilines is 1. The monoisotopic (exact) mass is 311 g/mol. The first-order valence-electron chi connectivity index (χ1n) is 7.62. The number of carboxylic acid groups (broad SMARTS) is 1. The van der Waals surface area contributed by atoms with Crippen molar-refractivity contribution in [2.45, 2.75) is 26.7 Å². The van der Waals surface area contributed by atoms with E-state index in [1.807, 2.05) is 43.3 Å². The highest BCUT2D eigenvalue weighted by atomic mass is 16.4. The number of carbonyl (C=O) groups excluding carboxylic acids is 1. The Morgan fingerprint density at radius 2 is 1.74 bits per heavy atom. The van der Waals surface area contributed by atoms with Crippen LogP contribution in [0.2, 0.25) is 0 Å². The van der Waals surface area contributed by atoms with E-state index in [4.69, 9.17) is 5.11 Å². The van der Waals surface area contributed by atoms with Gasteiger partial charge < -0.3 is 10.4 Å². The van der Waals surface area contributed by atoms with E-state index in [-0.39, 0.29) is 5.91 Å². The second-order valence-corrected chi connectivity index (χ2v) is 5.79. The summed E-state index contributed by atoms with van der Waals surface area (Å²) >= 11 is 0. The Hall–Kier alpha value is -2.62. The summed E-state index contributed by atoms with van der Waals surface area (Å²) in [7, 11) is 0. The summed E-state index contributed by atoms with van der Waals surface area (Å²) in [5.41, 5.74) is 3.77. The molecule has 0 aliphatic heterocycles. The number of amides is 1. The molecule has 0 aliphatic carbocycles. The first-order valence-corrected chi connectivity index (χ1v) is 7.62. The molecule has 0 radical (unpaired) electrons. The summed E-state index contributed by atoms with van der Waals surface area (Å²) in [4.78, 5) is 23.0. The van der Waals surface area contributed by atoms with Gasteiger partial charge >= 0.3 is 5.97 Å². The number of carbonyl (C=O) groups is 2. The van der Waals surface area contributed by atoms with Crippen LogP contribution in [0.4, 0.5) is 5.69 Å². The van der Waals surface area contributed by atoms with Crippen molar-refractivity contribution in [1.82, 2.24) is 0 Å². The van der Waals surface area contributed by atoms with Crippen molar-refractivity contribution < 1.29 is 14.7 Å². The zero-order valence-electron chi connectivity index (χ0n) is 13.4. The van der Waals surface area contributed by atoms with Crippen molar-refractivity contribution in [1.29, 1.82) is 0 Å². The molecule has 1 amide bonds. The summed E-state index contributed by atoms with van der Waals surface area (Å²) < 4.78 is 0. The first kappa shape index (κ1) is 16.7. The normalized spacial score (nSPS) is 11.7. The van der Waals surface area contributed by atoms with Crippen LogP contribution in [-0.4, -0.2) is 17.0 Å². The largest absolute Gasteiger partial charge is 0.481 e. The van der Waals surface area contributed by atoms with Crippen molar-refractivity contribution in [3.8, 4) is 0 Å². The van der Waals surface area contributed by atoms with Crippen molar-refractivity contribution in [3.05, 3.63) is 65.2 Å². The molecule has 0 bridgehead atoms. The lowest BCUT2D eigenvalue weighted by Gasteiger charge is -2.09. The van der Waals surface area contributed by atoms with Gasteiger partial charge in [0.15, 0.2) is 0 Å². The standard InChI is InChI=1S/C19H21NO3/c1-13-5-3-4-6-16(13)12-18(21)20-17-9-7-15(8-10-17)11-14(2)19(22)23/h3-10,14H,11-12H2,1-2H3,(H,20,21)(H,22,23). The summed E-state index contributed by atoms with van der Waals surface area (Å²) in [6.45, 7) is 3.67. The van der Waals surface area contributed by atoms with Crippen LogP contribution in [-0.2, 0) is 22.4 Å². The van der Waals surface area contributed by atoms with Gasteiger partial charge in [0.25, 0.3) is 0 Å². The average Bonchev–Trinajstić information content (AvgIpc) is 2.51. The molecular formula is C19H21NO3. The maximum Gasteiger partial charge on any atom is 0.306 e. The summed E-state index contributed by atoms with van der Waals surface area (Å²) in [5.74, 6) is -1.29. The Morgan fingerprint density at radius 3 is 2.35 bits per heavy atom. The van der Waals surface area contributed by atoms with Gasteiger partial charge in [-0.25, -0.2) is 0 Å². The molecule has 2 aromatic carbocycles. The number of aryl methyl sites for hydroxylation is 1. The Labute approximate surface area is 136 Å². The van der Waals surface area contributed by atoms with Crippen LogP contribution in [0, 0.1) is 12.8 Å². The minimum absolute atomic E-state index is 0.0639. The molecule has 0 fully saturated rings. The van der Waals surface area contributed by atoms with E-state index in [9.17, 15) is 9.59 Å². The topological polar surface area (TPSA) is 66.4 Å². The van der Waals surface area contributed by atoms with Crippen LogP contribution < -0.4 is 5.32 Å². The quantitative estimate of drug-likeness (QED) is 0.859. The number of hydrogen-bond acceptors (Lipinski definition) is 2. The number of rotatable bonds is 6. The summed E-state index contributed by atoms with van der Waals surface area (Å²) in [6, 6.07) is 15.1. The third kappa shape index (κ3) is 4.95. The predicted molar refractivity (Wildman–Crippen MR) is 90.5 cm³/mol. The Balaban J connectivity index is 1.94. The molecule has 0 aliphatic rings. The molecule has 1 unspecified atom stereocenters. The van der Waals surface area contributed by atoms with E-state index in [2.05, 4.69) is 5.32 Å². The molecule has 0 heterocycles. The first-order chi connectivity index (χ1) is 11.0. The highest BCUT2D eigenvalue weighted by molar-refractivity contribution is 5.92. The van der Waals surface area contributed by atoms with Crippen LogP contribution in [0.15, 0.2) is 48.5 Å². The number of aliphatic carboxylic acids is 1. The third-order valence-electron chi connectivity index (χ3n) is 3.81. The molecule has 4 heteroatoms. The fourth-order valence-electron chi connectivity index (χ4n) is 2.35. The lowest BCUT2D eigenvalue weighted by atomic mass is 10.0. The van der Waals surface area contributed by atoms with E-state index >= 15 is 0 Å². The van der Waals surface area contributed by atoms with Crippen molar-refractivity contribution >= 4 is 17.6 Å². The van der Waals surface area contributed by atoms with Gasteiger partial charge in [-0.1, -0.05) is 43.3 Å². The molecule has 0 saturated heterocycles. The predicted octanol–water partition coefficient (Wildman–Crippen LogP) is 3.44. The third-order valence-corrected chi connectivity index (χ3v) is 3.81. The summed E-state index contributed by atoms with van der Waals surface area (Å²) in [5, 5.41) is 11.8. The molecule has 4 nitrogen and oxygen atoms in total. The molecule has 120 valence electrons. The van der Waals surface area contributed by atoms with Gasteiger partial charge in [-0.3, -0.25) is 9.59 Å². The Kier molecular flexibility index (Phi) is 5.52. The molecule has 2 rings (SSSR count). The zero-order chi connectivity index (χ0) is 16.8. The molecular weight excluding hydrogens is 290 g/mol. The van der Waals surface area contributed by atoms with Crippen LogP contribution in [0.5, 0.6) is 0 Å². The highest BCUT2D eigenvalue weighted by Crippen LogP contribution is 2.15. The number of carboxylic acids is 1. The lowest BCUT2D eigenvalue weighted by molar-refractivity contribution is -0.141. The molecule has 2 N–H and O–H groups in total. The van der Waals surface area contributed by atoms with E-state index in [1.54, 1.807) is 19.1 Å². The van der Waals surface area contributed by atoms with Crippen LogP contribution >= 0.6 is 0 Å². The van der Waals surface area contributed by atoms with Crippen LogP contribution in [0.1, 0.15) is 23.6 Å². The van der Waals surface area contributed by atoms with E-state index < -0.39 is 11.9 Å². The van der Waals surface area contributed by atoms with Crippen molar-refractivity contribution in [3.63, 3.8) is 0 Å². The maximum absolute atomic E-state index is 12.1. The smallest absolute Gasteiger partial charge is 0.306 e. The molecule has 2 aromatic rings. The highest BCUT2D eigenvalue weighted by Gasteiger charge is 2.11. The van der Waals surface area contributed by atoms with Gasteiger partial charge in [-0.15, -0.1) is 0 Å². The molecule has 0 spiro atoms. The second kappa shape index (κ2) is 7.58. The number of hydrogen-bond donors (Lipinski definition) is 2. The van der Waals surface area contributed by atoms with E-state index in [0.29, 0.717) is 12.8 Å². The fraction of sp³-hybridized carbons (Fsp3) is 0.263. The van der Waals surface area contributed by atoms with Gasteiger partial charge in [0.05, 0.1) is 12.3 Å². The molecule has 0 aromatic heterocycles. The van der Waals surface area contributed by atoms with Gasteiger partial charge in [-0.2, -0.15) is 0 Å². The Morgan fingerprint density at radius 1 is 1.09 bits per heavy atom. The fourth-order valence-corrected chi connectivity index (χ4v) is 2.35.